The number of hydrogen-bond acceptors (Lipinski definition) is 3. The van der Waals surface area contributed by atoms with Gasteiger partial charge in [-0.2, -0.15) is 0 Å². The summed E-state index contributed by atoms with van der Waals surface area (Å²) in [5.74, 6) is -1.27. The minimum Gasteiger partial charge on any atom is -0.361 e. The van der Waals surface area contributed by atoms with Crippen molar-refractivity contribution < 1.29 is 9.84 Å². The van der Waals surface area contributed by atoms with E-state index in [1.807, 2.05) is 13.0 Å². The molecule has 0 bridgehead atoms. The summed E-state index contributed by atoms with van der Waals surface area (Å²) in [5.41, 5.74) is 0.690. The van der Waals surface area contributed by atoms with Gasteiger partial charge in [-0.15, -0.1) is 0 Å². The lowest BCUT2D eigenvalue weighted by Gasteiger charge is -2.38. The summed E-state index contributed by atoms with van der Waals surface area (Å²) in [7, 11) is 0. The highest BCUT2D eigenvalue weighted by molar-refractivity contribution is 6.30. The summed E-state index contributed by atoms with van der Waals surface area (Å²) in [6.45, 7) is 3.14. The van der Waals surface area contributed by atoms with Gasteiger partial charge in [-0.25, -0.2) is 0 Å². The molecule has 2 atom stereocenters. The van der Waals surface area contributed by atoms with Crippen LogP contribution >= 0.6 is 11.6 Å². The summed E-state index contributed by atoms with van der Waals surface area (Å²) in [5, 5.41) is 14.2. The Balaban J connectivity index is 2.34. The standard InChI is InChI=1S/C11H14ClNO2/c1-8-11(14,15-6-5-13-8)9-3-2-4-10(12)7-9/h2-4,7-8,13-14H,5-6H2,1H3. The molecule has 3 nitrogen and oxygen atoms in total. The summed E-state index contributed by atoms with van der Waals surface area (Å²) in [6.07, 6.45) is 0. The topological polar surface area (TPSA) is 41.5 Å². The first kappa shape index (κ1) is 10.9. The number of aliphatic hydroxyl groups is 1. The van der Waals surface area contributed by atoms with Crippen LogP contribution in [0.15, 0.2) is 24.3 Å². The van der Waals surface area contributed by atoms with Crippen molar-refractivity contribution in [2.45, 2.75) is 18.8 Å². The smallest absolute Gasteiger partial charge is 0.208 e. The van der Waals surface area contributed by atoms with Gasteiger partial charge < -0.3 is 15.2 Å². The van der Waals surface area contributed by atoms with Crippen molar-refractivity contribution in [3.8, 4) is 0 Å². The fourth-order valence-electron chi connectivity index (χ4n) is 1.79. The molecule has 2 rings (SSSR count). The quantitative estimate of drug-likeness (QED) is 0.764. The Hall–Kier alpha value is -0.610. The molecular formula is C11H14ClNO2. The molecule has 0 spiro atoms. The van der Waals surface area contributed by atoms with Crippen molar-refractivity contribution in [1.82, 2.24) is 5.32 Å². The Morgan fingerprint density at radius 1 is 1.60 bits per heavy atom. The zero-order chi connectivity index (χ0) is 10.9. The number of hydrogen-bond donors (Lipinski definition) is 2. The molecule has 1 heterocycles. The van der Waals surface area contributed by atoms with Crippen LogP contribution in [0, 0.1) is 0 Å². The Morgan fingerprint density at radius 3 is 3.07 bits per heavy atom. The van der Waals surface area contributed by atoms with E-state index in [0.717, 1.165) is 6.54 Å². The molecular weight excluding hydrogens is 214 g/mol. The van der Waals surface area contributed by atoms with Crippen LogP contribution in [0.25, 0.3) is 0 Å². The van der Waals surface area contributed by atoms with Gasteiger partial charge in [-0.05, 0) is 19.1 Å². The van der Waals surface area contributed by atoms with Crippen LogP contribution < -0.4 is 5.32 Å². The molecule has 1 aliphatic rings. The monoisotopic (exact) mass is 227 g/mol. The van der Waals surface area contributed by atoms with Crippen LogP contribution in [-0.4, -0.2) is 24.3 Å². The number of morpholine rings is 1. The first-order valence-electron chi connectivity index (χ1n) is 4.99. The Bertz CT molecular complexity index is 358. The lowest BCUT2D eigenvalue weighted by atomic mass is 9.98. The predicted octanol–water partition coefficient (Wildman–Crippen LogP) is 1.49. The van der Waals surface area contributed by atoms with Crippen molar-refractivity contribution in [2.24, 2.45) is 0 Å². The highest BCUT2D eigenvalue weighted by atomic mass is 35.5. The van der Waals surface area contributed by atoms with E-state index in [4.69, 9.17) is 16.3 Å². The molecule has 0 amide bonds. The summed E-state index contributed by atoms with van der Waals surface area (Å²) >= 11 is 5.89. The summed E-state index contributed by atoms with van der Waals surface area (Å²) < 4.78 is 5.45. The van der Waals surface area contributed by atoms with Gasteiger partial charge in [0.1, 0.15) is 0 Å². The van der Waals surface area contributed by atoms with Crippen LogP contribution in [0.3, 0.4) is 0 Å². The van der Waals surface area contributed by atoms with Crippen molar-refractivity contribution in [2.75, 3.05) is 13.2 Å². The van der Waals surface area contributed by atoms with Crippen molar-refractivity contribution in [3.63, 3.8) is 0 Å². The van der Waals surface area contributed by atoms with Crippen LogP contribution in [0.5, 0.6) is 0 Å². The third kappa shape index (κ3) is 2.01. The molecule has 15 heavy (non-hydrogen) atoms. The summed E-state index contributed by atoms with van der Waals surface area (Å²) in [4.78, 5) is 0. The van der Waals surface area contributed by atoms with Gasteiger partial charge in [0.15, 0.2) is 0 Å². The molecule has 2 unspecified atom stereocenters. The van der Waals surface area contributed by atoms with E-state index in [1.165, 1.54) is 0 Å². The van der Waals surface area contributed by atoms with Gasteiger partial charge in [0, 0.05) is 17.1 Å². The van der Waals surface area contributed by atoms with Gasteiger partial charge in [0.25, 0.3) is 0 Å². The number of rotatable bonds is 1. The second-order valence-electron chi connectivity index (χ2n) is 3.73. The van der Waals surface area contributed by atoms with Crippen molar-refractivity contribution in [3.05, 3.63) is 34.9 Å². The van der Waals surface area contributed by atoms with E-state index in [2.05, 4.69) is 5.32 Å². The molecule has 0 aliphatic carbocycles. The van der Waals surface area contributed by atoms with E-state index in [0.29, 0.717) is 17.2 Å². The van der Waals surface area contributed by atoms with E-state index in [9.17, 15) is 5.11 Å². The number of halogens is 1. The normalized spacial score (nSPS) is 31.5. The van der Waals surface area contributed by atoms with Crippen molar-refractivity contribution in [1.29, 1.82) is 0 Å². The molecule has 1 fully saturated rings. The average Bonchev–Trinajstić information content (AvgIpc) is 2.23. The fraction of sp³-hybridized carbons (Fsp3) is 0.455. The second kappa shape index (κ2) is 4.10. The number of ether oxygens (including phenoxy) is 1. The van der Waals surface area contributed by atoms with Gasteiger partial charge in [-0.1, -0.05) is 23.7 Å². The Morgan fingerprint density at radius 2 is 2.40 bits per heavy atom. The van der Waals surface area contributed by atoms with E-state index in [-0.39, 0.29) is 6.04 Å². The van der Waals surface area contributed by atoms with Crippen LogP contribution in [0.1, 0.15) is 12.5 Å². The van der Waals surface area contributed by atoms with E-state index >= 15 is 0 Å². The predicted molar refractivity (Wildman–Crippen MR) is 58.8 cm³/mol. The lowest BCUT2D eigenvalue weighted by Crippen LogP contribution is -2.54. The Kier molecular flexibility index (Phi) is 2.98. The van der Waals surface area contributed by atoms with Gasteiger partial charge >= 0.3 is 0 Å². The SMILES string of the molecule is CC1NCCOC1(O)c1cccc(Cl)c1. The number of benzene rings is 1. The molecule has 1 aromatic carbocycles. The zero-order valence-corrected chi connectivity index (χ0v) is 9.29. The zero-order valence-electron chi connectivity index (χ0n) is 8.53. The molecule has 1 saturated heterocycles. The number of nitrogens with one attached hydrogen (secondary N) is 1. The molecule has 1 aromatic rings. The van der Waals surface area contributed by atoms with Gasteiger partial charge in [0.2, 0.25) is 5.79 Å². The van der Waals surface area contributed by atoms with E-state index in [1.54, 1.807) is 18.2 Å². The van der Waals surface area contributed by atoms with Crippen LogP contribution in [0.4, 0.5) is 0 Å². The lowest BCUT2D eigenvalue weighted by molar-refractivity contribution is -0.245. The molecule has 0 saturated carbocycles. The first-order chi connectivity index (χ1) is 7.13. The fourth-order valence-corrected chi connectivity index (χ4v) is 1.98. The average molecular weight is 228 g/mol. The molecule has 1 aliphatic heterocycles. The molecule has 2 N–H and O–H groups in total. The van der Waals surface area contributed by atoms with Gasteiger partial charge in [0.05, 0.1) is 12.6 Å². The van der Waals surface area contributed by atoms with Crippen molar-refractivity contribution >= 4 is 11.6 Å². The third-order valence-corrected chi connectivity index (χ3v) is 2.93. The largest absolute Gasteiger partial charge is 0.361 e. The molecule has 0 aromatic heterocycles. The van der Waals surface area contributed by atoms with E-state index < -0.39 is 5.79 Å². The maximum absolute atomic E-state index is 10.4. The third-order valence-electron chi connectivity index (χ3n) is 2.70. The van der Waals surface area contributed by atoms with Gasteiger partial charge in [-0.3, -0.25) is 0 Å². The molecule has 0 radical (unpaired) electrons. The highest BCUT2D eigenvalue weighted by Gasteiger charge is 2.39. The minimum absolute atomic E-state index is 0.148. The van der Waals surface area contributed by atoms with Crippen LogP contribution in [-0.2, 0) is 10.5 Å². The maximum atomic E-state index is 10.4. The minimum atomic E-state index is -1.27. The Labute approximate surface area is 94.0 Å². The summed E-state index contributed by atoms with van der Waals surface area (Å²) in [6, 6.07) is 6.97. The second-order valence-corrected chi connectivity index (χ2v) is 4.17. The van der Waals surface area contributed by atoms with Crippen LogP contribution in [0.2, 0.25) is 5.02 Å². The first-order valence-corrected chi connectivity index (χ1v) is 5.36. The molecule has 82 valence electrons. The maximum Gasteiger partial charge on any atom is 0.208 e. The highest BCUT2D eigenvalue weighted by Crippen LogP contribution is 2.30. The molecule has 4 heteroatoms.